The second kappa shape index (κ2) is 6.77. The Kier molecular flexibility index (Phi) is 4.71. The van der Waals surface area contributed by atoms with E-state index in [-0.39, 0.29) is 5.91 Å². The molecule has 1 aromatic carbocycles. The third-order valence-electron chi connectivity index (χ3n) is 4.67. The molecule has 0 spiro atoms. The van der Waals surface area contributed by atoms with Gasteiger partial charge in [0.05, 0.1) is 12.3 Å². The van der Waals surface area contributed by atoms with Gasteiger partial charge in [0, 0.05) is 18.7 Å². The molecule has 1 aromatic heterocycles. The SMILES string of the molecule is CCCOc1ccc(NC(=O)[C@@](C)(OC)C2CC2)c2cccnc12. The van der Waals surface area contributed by atoms with E-state index in [4.69, 9.17) is 9.47 Å². The van der Waals surface area contributed by atoms with Crippen LogP contribution in [0.2, 0.25) is 0 Å². The van der Waals surface area contributed by atoms with Gasteiger partial charge in [-0.3, -0.25) is 9.78 Å². The average molecular weight is 328 g/mol. The molecule has 128 valence electrons. The maximum atomic E-state index is 12.8. The predicted octanol–water partition coefficient (Wildman–Crippen LogP) is 3.78. The summed E-state index contributed by atoms with van der Waals surface area (Å²) in [6, 6.07) is 7.54. The Hall–Kier alpha value is -2.14. The first-order valence-electron chi connectivity index (χ1n) is 8.47. The number of nitrogens with zero attached hydrogens (tertiary/aromatic N) is 1. The quantitative estimate of drug-likeness (QED) is 0.840. The zero-order valence-electron chi connectivity index (χ0n) is 14.5. The van der Waals surface area contributed by atoms with Gasteiger partial charge in [0.15, 0.2) is 0 Å². The van der Waals surface area contributed by atoms with Gasteiger partial charge in [0.2, 0.25) is 0 Å². The predicted molar refractivity (Wildman–Crippen MR) is 94.3 cm³/mol. The number of anilines is 1. The van der Waals surface area contributed by atoms with Crippen molar-refractivity contribution >= 4 is 22.5 Å². The third-order valence-corrected chi connectivity index (χ3v) is 4.67. The fraction of sp³-hybridized carbons (Fsp3) is 0.474. The van der Waals surface area contributed by atoms with Gasteiger partial charge in [-0.25, -0.2) is 0 Å². The number of pyridine rings is 1. The summed E-state index contributed by atoms with van der Waals surface area (Å²) in [5.41, 5.74) is 0.705. The summed E-state index contributed by atoms with van der Waals surface area (Å²) in [4.78, 5) is 17.2. The highest BCUT2D eigenvalue weighted by Gasteiger charge is 2.47. The molecule has 1 fully saturated rings. The van der Waals surface area contributed by atoms with Crippen LogP contribution in [0.4, 0.5) is 5.69 Å². The largest absolute Gasteiger partial charge is 0.491 e. The van der Waals surface area contributed by atoms with Crippen molar-refractivity contribution in [3.63, 3.8) is 0 Å². The van der Waals surface area contributed by atoms with E-state index in [9.17, 15) is 4.79 Å². The minimum atomic E-state index is -0.786. The fourth-order valence-corrected chi connectivity index (χ4v) is 2.91. The van der Waals surface area contributed by atoms with E-state index >= 15 is 0 Å². The second-order valence-corrected chi connectivity index (χ2v) is 6.40. The van der Waals surface area contributed by atoms with E-state index in [2.05, 4.69) is 17.2 Å². The molecule has 1 amide bonds. The van der Waals surface area contributed by atoms with Crippen LogP contribution in [0.5, 0.6) is 5.75 Å². The van der Waals surface area contributed by atoms with Crippen LogP contribution >= 0.6 is 0 Å². The van der Waals surface area contributed by atoms with Crippen LogP contribution in [0.15, 0.2) is 30.5 Å². The standard InChI is InChI=1S/C19H24N2O3/c1-4-12-24-16-10-9-15(14-6-5-11-20-17(14)16)21-18(22)19(2,23-3)13-7-8-13/h5-6,9-11,13H,4,7-8,12H2,1-3H3,(H,21,22)/t19-/m0/s1. The number of benzene rings is 1. The van der Waals surface area contributed by atoms with Crippen molar-refractivity contribution in [3.8, 4) is 5.75 Å². The topological polar surface area (TPSA) is 60.5 Å². The van der Waals surface area contributed by atoms with E-state index in [0.717, 1.165) is 41.6 Å². The van der Waals surface area contributed by atoms with E-state index in [1.54, 1.807) is 13.3 Å². The second-order valence-electron chi connectivity index (χ2n) is 6.40. The molecule has 1 aliphatic rings. The van der Waals surface area contributed by atoms with Crippen LogP contribution in [0, 0.1) is 5.92 Å². The summed E-state index contributed by atoms with van der Waals surface area (Å²) < 4.78 is 11.3. The summed E-state index contributed by atoms with van der Waals surface area (Å²) >= 11 is 0. The zero-order valence-corrected chi connectivity index (χ0v) is 14.5. The molecule has 5 nitrogen and oxygen atoms in total. The molecule has 3 rings (SSSR count). The van der Waals surface area contributed by atoms with E-state index in [1.165, 1.54) is 0 Å². The molecule has 24 heavy (non-hydrogen) atoms. The number of aromatic nitrogens is 1. The lowest BCUT2D eigenvalue weighted by Crippen LogP contribution is -2.44. The smallest absolute Gasteiger partial charge is 0.256 e. The molecule has 2 aromatic rings. The number of hydrogen-bond acceptors (Lipinski definition) is 4. The Morgan fingerprint density at radius 1 is 1.38 bits per heavy atom. The van der Waals surface area contributed by atoms with Gasteiger partial charge in [0.25, 0.3) is 5.91 Å². The molecule has 1 aliphatic carbocycles. The third kappa shape index (κ3) is 3.08. The normalized spacial score (nSPS) is 16.6. The lowest BCUT2D eigenvalue weighted by molar-refractivity contribution is -0.138. The number of carbonyl (C=O) groups excluding carboxylic acids is 1. The summed E-state index contributed by atoms with van der Waals surface area (Å²) in [5, 5.41) is 3.89. The van der Waals surface area contributed by atoms with Gasteiger partial charge >= 0.3 is 0 Å². The average Bonchev–Trinajstić information content (AvgIpc) is 3.45. The number of carbonyl (C=O) groups is 1. The van der Waals surface area contributed by atoms with Gasteiger partial charge in [0.1, 0.15) is 16.9 Å². The van der Waals surface area contributed by atoms with Crippen molar-refractivity contribution in [2.45, 2.75) is 38.7 Å². The minimum Gasteiger partial charge on any atom is -0.491 e. The van der Waals surface area contributed by atoms with Crippen LogP contribution in [0.25, 0.3) is 10.9 Å². The Morgan fingerprint density at radius 2 is 2.17 bits per heavy atom. The number of rotatable bonds is 7. The number of ether oxygens (including phenoxy) is 2. The number of nitrogens with one attached hydrogen (secondary N) is 1. The lowest BCUT2D eigenvalue weighted by atomic mass is 9.98. The van der Waals surface area contributed by atoms with Crippen molar-refractivity contribution in [2.24, 2.45) is 5.92 Å². The van der Waals surface area contributed by atoms with Crippen LogP contribution in [0.3, 0.4) is 0 Å². The lowest BCUT2D eigenvalue weighted by Gasteiger charge is -2.27. The van der Waals surface area contributed by atoms with E-state index in [0.29, 0.717) is 12.5 Å². The summed E-state index contributed by atoms with van der Waals surface area (Å²) in [6.07, 6.45) is 4.73. The Morgan fingerprint density at radius 3 is 2.83 bits per heavy atom. The zero-order chi connectivity index (χ0) is 17.2. The monoisotopic (exact) mass is 328 g/mol. The van der Waals surface area contributed by atoms with Crippen molar-refractivity contribution in [1.82, 2.24) is 4.98 Å². The van der Waals surface area contributed by atoms with Gasteiger partial charge in [-0.05, 0) is 56.4 Å². The molecule has 1 saturated carbocycles. The summed E-state index contributed by atoms with van der Waals surface area (Å²) in [6.45, 7) is 4.56. The van der Waals surface area contributed by atoms with Crippen molar-refractivity contribution in [2.75, 3.05) is 19.0 Å². The molecule has 1 heterocycles. The molecular weight excluding hydrogens is 304 g/mol. The molecule has 1 atom stereocenters. The molecular formula is C19H24N2O3. The first-order chi connectivity index (χ1) is 11.6. The maximum Gasteiger partial charge on any atom is 0.256 e. The van der Waals surface area contributed by atoms with Gasteiger partial charge < -0.3 is 14.8 Å². The number of hydrogen-bond donors (Lipinski definition) is 1. The van der Waals surface area contributed by atoms with Gasteiger partial charge in [-0.15, -0.1) is 0 Å². The number of amides is 1. The van der Waals surface area contributed by atoms with Crippen LogP contribution in [-0.4, -0.2) is 30.2 Å². The Labute approximate surface area is 142 Å². The number of methoxy groups -OCH3 is 1. The maximum absolute atomic E-state index is 12.8. The van der Waals surface area contributed by atoms with Crippen LogP contribution in [0.1, 0.15) is 33.1 Å². The first kappa shape index (κ1) is 16.7. The van der Waals surface area contributed by atoms with Crippen LogP contribution < -0.4 is 10.1 Å². The summed E-state index contributed by atoms with van der Waals surface area (Å²) in [7, 11) is 1.60. The number of fused-ring (bicyclic) bond motifs is 1. The Balaban J connectivity index is 1.91. The van der Waals surface area contributed by atoms with Crippen molar-refractivity contribution in [1.29, 1.82) is 0 Å². The highest BCUT2D eigenvalue weighted by Crippen LogP contribution is 2.42. The molecule has 0 radical (unpaired) electrons. The van der Waals surface area contributed by atoms with Crippen molar-refractivity contribution < 1.29 is 14.3 Å². The molecule has 0 saturated heterocycles. The summed E-state index contributed by atoms with van der Waals surface area (Å²) in [5.74, 6) is 0.918. The first-order valence-corrected chi connectivity index (χ1v) is 8.47. The molecule has 0 bridgehead atoms. The minimum absolute atomic E-state index is 0.111. The highest BCUT2D eigenvalue weighted by atomic mass is 16.5. The fourth-order valence-electron chi connectivity index (χ4n) is 2.91. The molecule has 1 N–H and O–H groups in total. The van der Waals surface area contributed by atoms with Crippen LogP contribution in [-0.2, 0) is 9.53 Å². The van der Waals surface area contributed by atoms with Crippen molar-refractivity contribution in [3.05, 3.63) is 30.5 Å². The Bertz CT molecular complexity index is 742. The molecule has 0 aliphatic heterocycles. The van der Waals surface area contributed by atoms with E-state index < -0.39 is 5.60 Å². The molecule has 5 heteroatoms. The van der Waals surface area contributed by atoms with Gasteiger partial charge in [-0.2, -0.15) is 0 Å². The van der Waals surface area contributed by atoms with E-state index in [1.807, 2.05) is 31.2 Å². The highest BCUT2D eigenvalue weighted by molar-refractivity contribution is 6.05. The molecule has 0 unspecified atom stereocenters. The van der Waals surface area contributed by atoms with Gasteiger partial charge in [-0.1, -0.05) is 6.92 Å².